The van der Waals surface area contributed by atoms with Gasteiger partial charge in [-0.3, -0.25) is 14.8 Å². The summed E-state index contributed by atoms with van der Waals surface area (Å²) in [5, 5.41) is 12.9. The molecule has 1 fully saturated rings. The molecule has 0 atom stereocenters. The van der Waals surface area contributed by atoms with Crippen LogP contribution in [-0.4, -0.2) is 40.6 Å². The zero-order valence-electron chi connectivity index (χ0n) is 15.5. The van der Waals surface area contributed by atoms with Gasteiger partial charge in [-0.25, -0.2) is 0 Å². The first-order chi connectivity index (χ1) is 13.7. The fraction of sp³-hybridized carbons (Fsp3) is 0.333. The van der Waals surface area contributed by atoms with Crippen LogP contribution in [0.5, 0.6) is 0 Å². The SMILES string of the molecule is O=C(NCC1CCN(Cc2cccs2)CC1)c1cn[nH]c1-c1ccc(Cl)cc1. The van der Waals surface area contributed by atoms with Crippen LogP contribution in [0.4, 0.5) is 0 Å². The van der Waals surface area contributed by atoms with E-state index in [4.69, 9.17) is 11.6 Å². The predicted octanol–water partition coefficient (Wildman–Crippen LogP) is 4.43. The molecular formula is C21H23ClN4OS. The van der Waals surface area contributed by atoms with Crippen molar-refractivity contribution in [3.05, 3.63) is 63.4 Å². The Morgan fingerprint density at radius 2 is 2.04 bits per heavy atom. The lowest BCUT2D eigenvalue weighted by Crippen LogP contribution is -2.38. The number of hydrogen-bond acceptors (Lipinski definition) is 4. The van der Waals surface area contributed by atoms with Gasteiger partial charge >= 0.3 is 0 Å². The highest BCUT2D eigenvalue weighted by molar-refractivity contribution is 7.09. The first-order valence-electron chi connectivity index (χ1n) is 9.51. The molecule has 1 aromatic carbocycles. The molecule has 0 saturated carbocycles. The molecule has 0 spiro atoms. The number of benzene rings is 1. The average Bonchev–Trinajstić information content (AvgIpc) is 3.40. The van der Waals surface area contributed by atoms with E-state index in [1.54, 1.807) is 6.20 Å². The Balaban J connectivity index is 1.29. The highest BCUT2D eigenvalue weighted by Gasteiger charge is 2.21. The van der Waals surface area contributed by atoms with E-state index < -0.39 is 0 Å². The molecule has 0 aliphatic carbocycles. The Morgan fingerprint density at radius 3 is 2.75 bits per heavy atom. The second-order valence-electron chi connectivity index (χ2n) is 7.17. The van der Waals surface area contributed by atoms with Crippen LogP contribution in [0.1, 0.15) is 28.1 Å². The third-order valence-electron chi connectivity index (χ3n) is 5.23. The average molecular weight is 415 g/mol. The van der Waals surface area contributed by atoms with Gasteiger partial charge in [0.25, 0.3) is 5.91 Å². The van der Waals surface area contributed by atoms with Crippen molar-refractivity contribution in [1.29, 1.82) is 0 Å². The number of aromatic nitrogens is 2. The molecule has 146 valence electrons. The van der Waals surface area contributed by atoms with Crippen LogP contribution in [0.2, 0.25) is 5.02 Å². The second-order valence-corrected chi connectivity index (χ2v) is 8.64. The van der Waals surface area contributed by atoms with E-state index in [1.165, 1.54) is 4.88 Å². The first kappa shape index (κ1) is 19.2. The van der Waals surface area contributed by atoms with Crippen molar-refractivity contribution in [2.45, 2.75) is 19.4 Å². The fourth-order valence-electron chi connectivity index (χ4n) is 3.60. The van der Waals surface area contributed by atoms with Crippen molar-refractivity contribution in [2.75, 3.05) is 19.6 Å². The van der Waals surface area contributed by atoms with Crippen LogP contribution in [0.3, 0.4) is 0 Å². The molecule has 7 heteroatoms. The molecule has 0 bridgehead atoms. The minimum Gasteiger partial charge on any atom is -0.352 e. The fourth-order valence-corrected chi connectivity index (χ4v) is 4.47. The van der Waals surface area contributed by atoms with Crippen LogP contribution >= 0.6 is 22.9 Å². The van der Waals surface area contributed by atoms with Crippen molar-refractivity contribution in [2.24, 2.45) is 5.92 Å². The summed E-state index contributed by atoms with van der Waals surface area (Å²) in [5.41, 5.74) is 2.19. The number of thiophene rings is 1. The maximum Gasteiger partial charge on any atom is 0.255 e. The van der Waals surface area contributed by atoms with Gasteiger partial charge in [-0.1, -0.05) is 29.8 Å². The number of hydrogen-bond donors (Lipinski definition) is 2. The van der Waals surface area contributed by atoms with Gasteiger partial charge in [0.15, 0.2) is 0 Å². The lowest BCUT2D eigenvalue weighted by molar-refractivity contribution is 0.0936. The summed E-state index contributed by atoms with van der Waals surface area (Å²) >= 11 is 7.77. The van der Waals surface area contributed by atoms with Crippen LogP contribution < -0.4 is 5.32 Å². The Kier molecular flexibility index (Phi) is 6.10. The molecule has 1 saturated heterocycles. The lowest BCUT2D eigenvalue weighted by atomic mass is 9.96. The molecule has 3 aromatic rings. The minimum atomic E-state index is -0.0836. The highest BCUT2D eigenvalue weighted by atomic mass is 35.5. The van der Waals surface area contributed by atoms with E-state index >= 15 is 0 Å². The molecule has 0 unspecified atom stereocenters. The van der Waals surface area contributed by atoms with Crippen LogP contribution in [-0.2, 0) is 6.54 Å². The monoisotopic (exact) mass is 414 g/mol. The molecule has 5 nitrogen and oxygen atoms in total. The summed E-state index contributed by atoms with van der Waals surface area (Å²) in [6.07, 6.45) is 3.81. The van der Waals surface area contributed by atoms with E-state index in [2.05, 4.69) is 37.9 Å². The van der Waals surface area contributed by atoms with Gasteiger partial charge < -0.3 is 5.32 Å². The topological polar surface area (TPSA) is 61.0 Å². The number of amides is 1. The molecule has 28 heavy (non-hydrogen) atoms. The number of halogens is 1. The van der Waals surface area contributed by atoms with Crippen LogP contribution in [0.15, 0.2) is 48.0 Å². The normalized spacial score (nSPS) is 15.6. The third-order valence-corrected chi connectivity index (χ3v) is 6.35. The molecule has 1 amide bonds. The van der Waals surface area contributed by atoms with E-state index in [1.807, 2.05) is 35.6 Å². The van der Waals surface area contributed by atoms with Gasteiger partial charge in [0.1, 0.15) is 0 Å². The largest absolute Gasteiger partial charge is 0.352 e. The molecule has 1 aliphatic rings. The Bertz CT molecular complexity index is 899. The van der Waals surface area contributed by atoms with E-state index in [9.17, 15) is 4.79 Å². The highest BCUT2D eigenvalue weighted by Crippen LogP contribution is 2.24. The Hall–Kier alpha value is -2.15. The summed E-state index contributed by atoms with van der Waals surface area (Å²) < 4.78 is 0. The molecular weight excluding hydrogens is 392 g/mol. The number of nitrogens with zero attached hydrogens (tertiary/aromatic N) is 2. The number of carbonyl (C=O) groups is 1. The minimum absolute atomic E-state index is 0.0836. The van der Waals surface area contributed by atoms with Crippen molar-refractivity contribution in [3.63, 3.8) is 0 Å². The number of aromatic amines is 1. The van der Waals surface area contributed by atoms with Crippen molar-refractivity contribution < 1.29 is 4.79 Å². The summed E-state index contributed by atoms with van der Waals surface area (Å²) in [6, 6.07) is 11.7. The number of rotatable bonds is 6. The zero-order valence-corrected chi connectivity index (χ0v) is 17.1. The number of likely N-dealkylation sites (tertiary alicyclic amines) is 1. The van der Waals surface area contributed by atoms with Crippen molar-refractivity contribution in [3.8, 4) is 11.3 Å². The number of H-pyrrole nitrogens is 1. The number of nitrogens with one attached hydrogen (secondary N) is 2. The maximum atomic E-state index is 12.7. The van der Waals surface area contributed by atoms with Gasteiger partial charge in [-0.05, 0) is 55.4 Å². The van der Waals surface area contributed by atoms with E-state index in [-0.39, 0.29) is 5.91 Å². The summed E-state index contributed by atoms with van der Waals surface area (Å²) in [7, 11) is 0. The zero-order chi connectivity index (χ0) is 19.3. The molecule has 3 heterocycles. The summed E-state index contributed by atoms with van der Waals surface area (Å²) in [5.74, 6) is 0.439. The van der Waals surface area contributed by atoms with Crippen molar-refractivity contribution in [1.82, 2.24) is 20.4 Å². The molecule has 4 rings (SSSR count). The molecule has 1 aliphatic heterocycles. The smallest absolute Gasteiger partial charge is 0.255 e. The van der Waals surface area contributed by atoms with E-state index in [0.29, 0.717) is 23.0 Å². The standard InChI is InChI=1S/C21H23ClN4OS/c22-17-5-3-16(4-6-17)20-19(13-24-25-20)21(27)23-12-15-7-9-26(10-8-15)14-18-2-1-11-28-18/h1-6,11,13,15H,7-10,12,14H2,(H,23,27)(H,24,25). The van der Waals surface area contributed by atoms with Gasteiger partial charge in [0.2, 0.25) is 0 Å². The Morgan fingerprint density at radius 1 is 1.25 bits per heavy atom. The first-order valence-corrected chi connectivity index (χ1v) is 10.8. The third kappa shape index (κ3) is 4.63. The number of piperidine rings is 1. The maximum absolute atomic E-state index is 12.7. The van der Waals surface area contributed by atoms with Crippen LogP contribution in [0.25, 0.3) is 11.3 Å². The van der Waals surface area contributed by atoms with Crippen molar-refractivity contribution >= 4 is 28.8 Å². The lowest BCUT2D eigenvalue weighted by Gasteiger charge is -2.31. The second kappa shape index (κ2) is 8.90. The summed E-state index contributed by atoms with van der Waals surface area (Å²) in [4.78, 5) is 16.6. The quantitative estimate of drug-likeness (QED) is 0.627. The molecule has 0 radical (unpaired) electrons. The Labute approximate surface area is 173 Å². The number of carbonyl (C=O) groups excluding carboxylic acids is 1. The molecule has 2 N–H and O–H groups in total. The van der Waals surface area contributed by atoms with E-state index in [0.717, 1.165) is 43.7 Å². The molecule has 2 aromatic heterocycles. The van der Waals surface area contributed by atoms with Gasteiger partial charge in [-0.15, -0.1) is 11.3 Å². The predicted molar refractivity (Wildman–Crippen MR) is 114 cm³/mol. The van der Waals surface area contributed by atoms with Gasteiger partial charge in [0.05, 0.1) is 17.5 Å². The summed E-state index contributed by atoms with van der Waals surface area (Å²) in [6.45, 7) is 3.91. The van der Waals surface area contributed by atoms with Gasteiger partial charge in [0, 0.05) is 28.6 Å². The van der Waals surface area contributed by atoms with Crippen LogP contribution in [0, 0.1) is 5.92 Å². The van der Waals surface area contributed by atoms with Gasteiger partial charge in [-0.2, -0.15) is 5.10 Å².